The highest BCUT2D eigenvalue weighted by Crippen LogP contribution is 2.24. The minimum Gasteiger partial charge on any atom is -0.426 e. The molecule has 0 saturated carbocycles. The third-order valence-electron chi connectivity index (χ3n) is 1.84. The van der Waals surface area contributed by atoms with Crippen LogP contribution >= 0.6 is 15.9 Å². The maximum Gasteiger partial charge on any atom is 0.316 e. The molecule has 0 aliphatic heterocycles. The van der Waals surface area contributed by atoms with E-state index in [9.17, 15) is 4.79 Å². The van der Waals surface area contributed by atoms with E-state index in [-0.39, 0.29) is 5.97 Å². The molecular formula is C12H15BrO2. The van der Waals surface area contributed by atoms with Gasteiger partial charge in [-0.1, -0.05) is 15.9 Å². The molecule has 0 fully saturated rings. The normalized spacial score (nSPS) is 11.3. The van der Waals surface area contributed by atoms with Crippen LogP contribution in [0.5, 0.6) is 5.75 Å². The molecule has 0 atom stereocenters. The Morgan fingerprint density at radius 1 is 1.27 bits per heavy atom. The van der Waals surface area contributed by atoms with Gasteiger partial charge in [0.1, 0.15) is 5.75 Å². The summed E-state index contributed by atoms with van der Waals surface area (Å²) < 4.78 is 6.19. The highest BCUT2D eigenvalue weighted by Gasteiger charge is 2.23. The summed E-state index contributed by atoms with van der Waals surface area (Å²) in [6.07, 6.45) is 0. The van der Waals surface area contributed by atoms with Crippen LogP contribution in [0.1, 0.15) is 26.3 Å². The van der Waals surface area contributed by atoms with E-state index in [1.54, 1.807) is 6.07 Å². The lowest BCUT2D eigenvalue weighted by Gasteiger charge is -2.16. The van der Waals surface area contributed by atoms with Crippen molar-refractivity contribution in [3.8, 4) is 5.75 Å². The second kappa shape index (κ2) is 4.35. The lowest BCUT2D eigenvalue weighted by molar-refractivity contribution is -0.142. The number of carbonyl (C=O) groups is 1. The molecule has 0 amide bonds. The SMILES string of the molecule is Cc1cc(Br)cc(OC(=O)C(C)(C)C)c1. The van der Waals surface area contributed by atoms with Gasteiger partial charge in [-0.3, -0.25) is 4.79 Å². The lowest BCUT2D eigenvalue weighted by atomic mass is 9.97. The van der Waals surface area contributed by atoms with Crippen LogP contribution in [-0.2, 0) is 4.79 Å². The Labute approximate surface area is 98.8 Å². The van der Waals surface area contributed by atoms with Crippen molar-refractivity contribution in [2.45, 2.75) is 27.7 Å². The number of ether oxygens (including phenoxy) is 1. The average molecular weight is 271 g/mol. The van der Waals surface area contributed by atoms with E-state index in [1.807, 2.05) is 39.8 Å². The molecule has 0 radical (unpaired) electrons. The number of aryl methyl sites for hydroxylation is 1. The molecule has 1 aromatic carbocycles. The summed E-state index contributed by atoms with van der Waals surface area (Å²) in [6.45, 7) is 7.46. The standard InChI is InChI=1S/C12H15BrO2/c1-8-5-9(13)7-10(6-8)15-11(14)12(2,3)4/h5-7H,1-4H3. The number of benzene rings is 1. The van der Waals surface area contributed by atoms with Crippen LogP contribution in [0.3, 0.4) is 0 Å². The molecule has 0 bridgehead atoms. The van der Waals surface area contributed by atoms with Crippen molar-refractivity contribution in [3.63, 3.8) is 0 Å². The molecule has 0 saturated heterocycles. The topological polar surface area (TPSA) is 26.3 Å². The number of halogens is 1. The van der Waals surface area contributed by atoms with Gasteiger partial charge in [0.15, 0.2) is 0 Å². The van der Waals surface area contributed by atoms with Gasteiger partial charge in [0.25, 0.3) is 0 Å². The Morgan fingerprint density at radius 3 is 2.33 bits per heavy atom. The Morgan fingerprint density at radius 2 is 1.87 bits per heavy atom. The van der Waals surface area contributed by atoms with Crippen molar-refractivity contribution in [2.24, 2.45) is 5.41 Å². The highest BCUT2D eigenvalue weighted by molar-refractivity contribution is 9.10. The Balaban J connectivity index is 2.86. The van der Waals surface area contributed by atoms with Gasteiger partial charge < -0.3 is 4.74 Å². The van der Waals surface area contributed by atoms with Crippen LogP contribution in [0.15, 0.2) is 22.7 Å². The maximum atomic E-state index is 11.6. The Kier molecular flexibility index (Phi) is 3.55. The molecule has 3 heteroatoms. The van der Waals surface area contributed by atoms with E-state index in [4.69, 9.17) is 4.74 Å². The van der Waals surface area contributed by atoms with Gasteiger partial charge in [-0.2, -0.15) is 0 Å². The molecule has 15 heavy (non-hydrogen) atoms. The van der Waals surface area contributed by atoms with Crippen molar-refractivity contribution in [1.29, 1.82) is 0 Å². The zero-order valence-corrected chi connectivity index (χ0v) is 11.0. The second-order valence-electron chi connectivity index (χ2n) is 4.60. The first kappa shape index (κ1) is 12.2. The van der Waals surface area contributed by atoms with E-state index in [0.29, 0.717) is 5.75 Å². The van der Waals surface area contributed by atoms with E-state index in [0.717, 1.165) is 10.0 Å². The maximum absolute atomic E-state index is 11.6. The van der Waals surface area contributed by atoms with Crippen LogP contribution in [-0.4, -0.2) is 5.97 Å². The van der Waals surface area contributed by atoms with E-state index in [2.05, 4.69) is 15.9 Å². The van der Waals surface area contributed by atoms with Gasteiger partial charge in [0.05, 0.1) is 5.41 Å². The van der Waals surface area contributed by atoms with Gasteiger partial charge in [-0.25, -0.2) is 0 Å². The smallest absolute Gasteiger partial charge is 0.316 e. The van der Waals surface area contributed by atoms with Gasteiger partial charge in [0, 0.05) is 4.47 Å². The quantitative estimate of drug-likeness (QED) is 0.575. The van der Waals surface area contributed by atoms with Crippen LogP contribution in [0.4, 0.5) is 0 Å². The molecular weight excluding hydrogens is 256 g/mol. The largest absolute Gasteiger partial charge is 0.426 e. The predicted octanol–water partition coefficient (Wildman–Crippen LogP) is 3.71. The zero-order chi connectivity index (χ0) is 11.6. The molecule has 0 N–H and O–H groups in total. The molecule has 82 valence electrons. The molecule has 0 aliphatic carbocycles. The van der Waals surface area contributed by atoms with Crippen molar-refractivity contribution in [1.82, 2.24) is 0 Å². The van der Waals surface area contributed by atoms with E-state index in [1.165, 1.54) is 0 Å². The fraction of sp³-hybridized carbons (Fsp3) is 0.417. The monoisotopic (exact) mass is 270 g/mol. The first-order valence-electron chi connectivity index (χ1n) is 4.78. The third-order valence-corrected chi connectivity index (χ3v) is 2.30. The Hall–Kier alpha value is -0.830. The molecule has 0 unspecified atom stereocenters. The molecule has 2 nitrogen and oxygen atoms in total. The minimum absolute atomic E-state index is 0.222. The molecule has 1 aromatic rings. The third kappa shape index (κ3) is 3.67. The van der Waals surface area contributed by atoms with Gasteiger partial charge in [-0.05, 0) is 51.5 Å². The van der Waals surface area contributed by atoms with Gasteiger partial charge >= 0.3 is 5.97 Å². The first-order valence-corrected chi connectivity index (χ1v) is 5.58. The lowest BCUT2D eigenvalue weighted by Crippen LogP contribution is -2.25. The van der Waals surface area contributed by atoms with Gasteiger partial charge in [0.2, 0.25) is 0 Å². The first-order chi connectivity index (χ1) is 6.79. The average Bonchev–Trinajstić information content (AvgIpc) is 1.99. The highest BCUT2D eigenvalue weighted by atomic mass is 79.9. The fourth-order valence-electron chi connectivity index (χ4n) is 1.02. The summed E-state index contributed by atoms with van der Waals surface area (Å²) in [5.74, 6) is 0.363. The molecule has 0 heterocycles. The number of esters is 1. The molecule has 0 spiro atoms. The van der Waals surface area contributed by atoms with E-state index >= 15 is 0 Å². The van der Waals surface area contributed by atoms with Crippen molar-refractivity contribution >= 4 is 21.9 Å². The number of carbonyl (C=O) groups excluding carboxylic acids is 1. The van der Waals surface area contributed by atoms with Crippen molar-refractivity contribution in [2.75, 3.05) is 0 Å². The molecule has 0 aliphatic rings. The summed E-state index contributed by atoms with van der Waals surface area (Å²) >= 11 is 3.36. The summed E-state index contributed by atoms with van der Waals surface area (Å²) in [5, 5.41) is 0. The summed E-state index contributed by atoms with van der Waals surface area (Å²) in [4.78, 5) is 11.6. The van der Waals surface area contributed by atoms with Gasteiger partial charge in [-0.15, -0.1) is 0 Å². The molecule has 1 rings (SSSR count). The predicted molar refractivity (Wildman–Crippen MR) is 64.0 cm³/mol. The van der Waals surface area contributed by atoms with Crippen LogP contribution in [0.2, 0.25) is 0 Å². The zero-order valence-electron chi connectivity index (χ0n) is 9.43. The van der Waals surface area contributed by atoms with Crippen molar-refractivity contribution in [3.05, 3.63) is 28.2 Å². The van der Waals surface area contributed by atoms with Crippen LogP contribution in [0.25, 0.3) is 0 Å². The summed E-state index contributed by atoms with van der Waals surface area (Å²) in [7, 11) is 0. The van der Waals surface area contributed by atoms with Crippen LogP contribution < -0.4 is 4.74 Å². The van der Waals surface area contributed by atoms with Crippen LogP contribution in [0, 0.1) is 12.3 Å². The summed E-state index contributed by atoms with van der Waals surface area (Å²) in [6, 6.07) is 5.60. The minimum atomic E-state index is -0.476. The van der Waals surface area contributed by atoms with E-state index < -0.39 is 5.41 Å². The molecule has 0 aromatic heterocycles. The number of hydrogen-bond donors (Lipinski definition) is 0. The Bertz CT molecular complexity index is 357. The number of rotatable bonds is 1. The number of hydrogen-bond acceptors (Lipinski definition) is 2. The van der Waals surface area contributed by atoms with Crippen molar-refractivity contribution < 1.29 is 9.53 Å². The summed E-state index contributed by atoms with van der Waals surface area (Å²) in [5.41, 5.74) is 0.581. The fourth-order valence-corrected chi connectivity index (χ4v) is 1.61. The second-order valence-corrected chi connectivity index (χ2v) is 5.52.